The molecule has 94 valence electrons. The fraction of sp³-hybridized carbons (Fsp3) is 0.462. The van der Waals surface area contributed by atoms with Crippen molar-refractivity contribution >= 4 is 5.97 Å². The summed E-state index contributed by atoms with van der Waals surface area (Å²) in [5, 5.41) is 9.51. The topological polar surface area (TPSA) is 72.5 Å². The Labute approximate surface area is 101 Å². The standard InChI is InChI=1S/C13H19NO3/c1-13(16,10-14)12(15)17-9-5-8-11-6-3-2-4-7-11/h2-4,6-7,16H,5,8-10,14H2,1H3. The highest BCUT2D eigenvalue weighted by molar-refractivity contribution is 5.78. The largest absolute Gasteiger partial charge is 0.464 e. The zero-order valence-electron chi connectivity index (χ0n) is 10.1. The lowest BCUT2D eigenvalue weighted by Crippen LogP contribution is -2.44. The summed E-state index contributed by atoms with van der Waals surface area (Å²) in [6, 6.07) is 9.96. The van der Waals surface area contributed by atoms with Gasteiger partial charge in [0.05, 0.1) is 6.61 Å². The predicted molar refractivity (Wildman–Crippen MR) is 65.4 cm³/mol. The maximum Gasteiger partial charge on any atom is 0.339 e. The first-order valence-electron chi connectivity index (χ1n) is 5.70. The molecule has 0 spiro atoms. The van der Waals surface area contributed by atoms with Crippen LogP contribution in [-0.4, -0.2) is 29.8 Å². The van der Waals surface area contributed by atoms with Crippen molar-refractivity contribution in [2.75, 3.05) is 13.2 Å². The zero-order valence-corrected chi connectivity index (χ0v) is 10.1. The van der Waals surface area contributed by atoms with Crippen molar-refractivity contribution in [3.63, 3.8) is 0 Å². The fourth-order valence-corrected chi connectivity index (χ4v) is 1.32. The lowest BCUT2D eigenvalue weighted by molar-refractivity contribution is -0.162. The molecular formula is C13H19NO3. The van der Waals surface area contributed by atoms with Gasteiger partial charge in [0.15, 0.2) is 5.60 Å². The van der Waals surface area contributed by atoms with Crippen molar-refractivity contribution in [3.05, 3.63) is 35.9 Å². The van der Waals surface area contributed by atoms with Crippen molar-refractivity contribution < 1.29 is 14.6 Å². The number of hydrogen-bond donors (Lipinski definition) is 2. The molecule has 4 nitrogen and oxygen atoms in total. The number of aliphatic hydroxyl groups is 1. The maximum atomic E-state index is 11.4. The summed E-state index contributed by atoms with van der Waals surface area (Å²) in [4.78, 5) is 11.4. The quantitative estimate of drug-likeness (QED) is 0.569. The van der Waals surface area contributed by atoms with Crippen LogP contribution in [0.4, 0.5) is 0 Å². The van der Waals surface area contributed by atoms with E-state index in [4.69, 9.17) is 10.5 Å². The number of aryl methyl sites for hydroxylation is 1. The van der Waals surface area contributed by atoms with Gasteiger partial charge in [0.2, 0.25) is 0 Å². The van der Waals surface area contributed by atoms with E-state index in [0.29, 0.717) is 6.61 Å². The third-order valence-electron chi connectivity index (χ3n) is 2.52. The monoisotopic (exact) mass is 237 g/mol. The third kappa shape index (κ3) is 4.54. The van der Waals surface area contributed by atoms with Gasteiger partial charge in [-0.15, -0.1) is 0 Å². The van der Waals surface area contributed by atoms with Gasteiger partial charge in [-0.1, -0.05) is 30.3 Å². The molecule has 0 aromatic heterocycles. The average Bonchev–Trinajstić information content (AvgIpc) is 2.35. The number of hydrogen-bond acceptors (Lipinski definition) is 4. The van der Waals surface area contributed by atoms with E-state index in [1.807, 2.05) is 30.3 Å². The van der Waals surface area contributed by atoms with Gasteiger partial charge in [0, 0.05) is 6.54 Å². The molecule has 1 rings (SSSR count). The highest BCUT2D eigenvalue weighted by Gasteiger charge is 2.29. The summed E-state index contributed by atoms with van der Waals surface area (Å²) in [5.74, 6) is -0.659. The maximum absolute atomic E-state index is 11.4. The summed E-state index contributed by atoms with van der Waals surface area (Å²) in [6.45, 7) is 1.51. The van der Waals surface area contributed by atoms with E-state index in [2.05, 4.69) is 0 Å². The Morgan fingerprint density at radius 3 is 2.65 bits per heavy atom. The number of ether oxygens (including phenoxy) is 1. The third-order valence-corrected chi connectivity index (χ3v) is 2.52. The van der Waals surface area contributed by atoms with Crippen LogP contribution >= 0.6 is 0 Å². The molecule has 0 bridgehead atoms. The number of nitrogens with two attached hydrogens (primary N) is 1. The van der Waals surface area contributed by atoms with Gasteiger partial charge in [-0.05, 0) is 25.3 Å². The minimum atomic E-state index is -1.58. The first-order chi connectivity index (χ1) is 8.06. The number of carbonyl (C=O) groups excluding carboxylic acids is 1. The highest BCUT2D eigenvalue weighted by atomic mass is 16.5. The minimum absolute atomic E-state index is 0.134. The molecule has 0 saturated carbocycles. The average molecular weight is 237 g/mol. The summed E-state index contributed by atoms with van der Waals surface area (Å²) in [7, 11) is 0. The van der Waals surface area contributed by atoms with Gasteiger partial charge in [-0.2, -0.15) is 0 Å². The van der Waals surface area contributed by atoms with Crippen molar-refractivity contribution in [1.82, 2.24) is 0 Å². The molecule has 0 fully saturated rings. The SMILES string of the molecule is CC(O)(CN)C(=O)OCCCc1ccccc1. The van der Waals surface area contributed by atoms with Gasteiger partial charge in [-0.25, -0.2) is 4.79 Å². The van der Waals surface area contributed by atoms with E-state index < -0.39 is 11.6 Å². The summed E-state index contributed by atoms with van der Waals surface area (Å²) < 4.78 is 4.95. The highest BCUT2D eigenvalue weighted by Crippen LogP contribution is 2.06. The van der Waals surface area contributed by atoms with Crippen LogP contribution < -0.4 is 5.73 Å². The molecule has 1 unspecified atom stereocenters. The molecule has 3 N–H and O–H groups in total. The van der Waals surface area contributed by atoms with Crippen molar-refractivity contribution in [2.24, 2.45) is 5.73 Å². The molecule has 0 saturated heterocycles. The molecule has 0 aliphatic heterocycles. The Morgan fingerprint density at radius 1 is 1.41 bits per heavy atom. The smallest absolute Gasteiger partial charge is 0.339 e. The Bertz CT molecular complexity index is 349. The van der Waals surface area contributed by atoms with Gasteiger partial charge < -0.3 is 15.6 Å². The molecule has 1 aromatic carbocycles. The predicted octanol–water partition coefficient (Wildman–Crippen LogP) is 0.872. The van der Waals surface area contributed by atoms with Crippen LogP contribution in [0.3, 0.4) is 0 Å². The number of esters is 1. The van der Waals surface area contributed by atoms with Crippen LogP contribution in [0, 0.1) is 0 Å². The number of carbonyl (C=O) groups is 1. The van der Waals surface area contributed by atoms with Crippen LogP contribution in [0.1, 0.15) is 18.9 Å². The molecule has 0 aliphatic carbocycles. The normalized spacial score (nSPS) is 14.1. The molecule has 1 aromatic rings. The minimum Gasteiger partial charge on any atom is -0.464 e. The van der Waals surface area contributed by atoms with E-state index in [1.54, 1.807) is 0 Å². The molecule has 0 aliphatic rings. The van der Waals surface area contributed by atoms with Crippen LogP contribution in [0.5, 0.6) is 0 Å². The first-order valence-corrected chi connectivity index (χ1v) is 5.70. The van der Waals surface area contributed by atoms with Crippen molar-refractivity contribution in [1.29, 1.82) is 0 Å². The number of rotatable bonds is 6. The number of benzene rings is 1. The first kappa shape index (κ1) is 13.7. The molecule has 4 heteroatoms. The van der Waals surface area contributed by atoms with Crippen LogP contribution in [0.2, 0.25) is 0 Å². The van der Waals surface area contributed by atoms with Gasteiger partial charge in [0.1, 0.15) is 0 Å². The van der Waals surface area contributed by atoms with E-state index in [-0.39, 0.29) is 6.54 Å². The van der Waals surface area contributed by atoms with Gasteiger partial charge in [-0.3, -0.25) is 0 Å². The van der Waals surface area contributed by atoms with E-state index >= 15 is 0 Å². The molecule has 0 amide bonds. The van der Waals surface area contributed by atoms with Gasteiger partial charge >= 0.3 is 5.97 Å². The lowest BCUT2D eigenvalue weighted by Gasteiger charge is -2.18. The summed E-state index contributed by atoms with van der Waals surface area (Å²) >= 11 is 0. The molecule has 0 radical (unpaired) electrons. The van der Waals surface area contributed by atoms with E-state index in [0.717, 1.165) is 12.8 Å². The molecule has 17 heavy (non-hydrogen) atoms. The second kappa shape index (κ2) is 6.37. The Hall–Kier alpha value is -1.39. The van der Waals surface area contributed by atoms with E-state index in [1.165, 1.54) is 12.5 Å². The Morgan fingerprint density at radius 2 is 2.06 bits per heavy atom. The molecule has 1 atom stereocenters. The Kier molecular flexibility index (Phi) is 5.12. The second-order valence-electron chi connectivity index (χ2n) is 4.20. The molecule has 0 heterocycles. The van der Waals surface area contributed by atoms with Crippen LogP contribution in [0.25, 0.3) is 0 Å². The zero-order chi connectivity index (χ0) is 12.7. The fourth-order valence-electron chi connectivity index (χ4n) is 1.32. The van der Waals surface area contributed by atoms with Crippen LogP contribution in [0.15, 0.2) is 30.3 Å². The van der Waals surface area contributed by atoms with E-state index in [9.17, 15) is 9.90 Å². The Balaban J connectivity index is 2.23. The van der Waals surface area contributed by atoms with Crippen molar-refractivity contribution in [3.8, 4) is 0 Å². The molecular weight excluding hydrogens is 218 g/mol. The summed E-state index contributed by atoms with van der Waals surface area (Å²) in [6.07, 6.45) is 1.58. The lowest BCUT2D eigenvalue weighted by atomic mass is 10.1. The summed E-state index contributed by atoms with van der Waals surface area (Å²) in [5.41, 5.74) is 4.88. The van der Waals surface area contributed by atoms with Crippen molar-refractivity contribution in [2.45, 2.75) is 25.4 Å². The van der Waals surface area contributed by atoms with Crippen LogP contribution in [-0.2, 0) is 16.0 Å². The van der Waals surface area contributed by atoms with Gasteiger partial charge in [0.25, 0.3) is 0 Å². The second-order valence-corrected chi connectivity index (χ2v) is 4.20.